The number of alkyl halides is 1. The van der Waals surface area contributed by atoms with E-state index in [0.29, 0.717) is 3.92 Å². The van der Waals surface area contributed by atoms with Crippen LogP contribution in [0, 0.1) is 0 Å². The van der Waals surface area contributed by atoms with Crippen molar-refractivity contribution in [3.8, 4) is 0 Å². The third kappa shape index (κ3) is 1.62. The second-order valence-corrected chi connectivity index (χ2v) is 6.06. The summed E-state index contributed by atoms with van der Waals surface area (Å²) >= 11 is 2.39. The maximum Gasteiger partial charge on any atom is 0.0550 e. The van der Waals surface area contributed by atoms with Gasteiger partial charge in [-0.2, -0.15) is 0 Å². The van der Waals surface area contributed by atoms with Gasteiger partial charge in [0.1, 0.15) is 0 Å². The first-order chi connectivity index (χ1) is 8.18. The van der Waals surface area contributed by atoms with Crippen LogP contribution < -0.4 is 0 Å². The van der Waals surface area contributed by atoms with Crippen LogP contribution in [0.4, 0.5) is 0 Å². The summed E-state index contributed by atoms with van der Waals surface area (Å²) in [7, 11) is 2.09. The van der Waals surface area contributed by atoms with E-state index in [1.54, 1.807) is 0 Å². The van der Waals surface area contributed by atoms with E-state index in [4.69, 9.17) is 0 Å². The number of rotatable bonds is 1. The Morgan fingerprint density at radius 3 is 2.76 bits per heavy atom. The molecule has 3 rings (SSSR count). The lowest BCUT2D eigenvalue weighted by Crippen LogP contribution is -1.91. The van der Waals surface area contributed by atoms with Crippen molar-refractivity contribution >= 4 is 44.4 Å². The molecule has 0 amide bonds. The summed E-state index contributed by atoms with van der Waals surface area (Å²) in [5, 5.41) is 2.35. The highest BCUT2D eigenvalue weighted by Crippen LogP contribution is 2.29. The number of nitrogens with zero attached hydrogens (tertiary/aromatic N) is 3. The molecule has 0 spiro atoms. The molecule has 0 bridgehead atoms. The van der Waals surface area contributed by atoms with Crippen LogP contribution >= 0.6 is 22.6 Å². The Morgan fingerprint density at radius 2 is 2.00 bits per heavy atom. The third-order valence-electron chi connectivity index (χ3n) is 3.12. The van der Waals surface area contributed by atoms with Gasteiger partial charge in [-0.25, -0.2) is 0 Å². The number of halogens is 1. The Labute approximate surface area is 113 Å². The van der Waals surface area contributed by atoms with Crippen molar-refractivity contribution in [1.29, 1.82) is 0 Å². The molecule has 0 aromatic carbocycles. The quantitative estimate of drug-likeness (QED) is 0.502. The van der Waals surface area contributed by atoms with Crippen LogP contribution in [0.2, 0.25) is 0 Å². The molecule has 0 saturated heterocycles. The van der Waals surface area contributed by atoms with E-state index in [1.165, 1.54) is 21.8 Å². The van der Waals surface area contributed by atoms with Gasteiger partial charge in [-0.3, -0.25) is 9.97 Å². The van der Waals surface area contributed by atoms with Crippen molar-refractivity contribution in [2.24, 2.45) is 7.05 Å². The van der Waals surface area contributed by atoms with Gasteiger partial charge >= 0.3 is 0 Å². The molecule has 86 valence electrons. The number of hydrogen-bond donors (Lipinski definition) is 0. The van der Waals surface area contributed by atoms with Gasteiger partial charge in [-0.15, -0.1) is 0 Å². The molecule has 0 radical (unpaired) electrons. The minimum Gasteiger partial charge on any atom is -0.343 e. The zero-order chi connectivity index (χ0) is 12.0. The Morgan fingerprint density at radius 1 is 1.24 bits per heavy atom. The molecule has 0 aliphatic heterocycles. The fourth-order valence-corrected chi connectivity index (χ4v) is 2.52. The summed E-state index contributed by atoms with van der Waals surface area (Å²) < 4.78 is 2.63. The zero-order valence-corrected chi connectivity index (χ0v) is 11.8. The summed E-state index contributed by atoms with van der Waals surface area (Å²) in [6.45, 7) is 2.15. The average Bonchev–Trinajstić information content (AvgIpc) is 2.64. The van der Waals surface area contributed by atoms with Crippen molar-refractivity contribution < 1.29 is 0 Å². The Kier molecular flexibility index (Phi) is 2.54. The standard InChI is InChI=1S/C13H12IN3/c1-8(14)11-5-13-10(7-16-11)9-6-15-4-3-12(9)17(13)2/h3-8H,1-2H3. The van der Waals surface area contributed by atoms with Crippen LogP contribution in [0.25, 0.3) is 21.8 Å². The number of hydrogen-bond acceptors (Lipinski definition) is 2. The molecule has 3 heterocycles. The first-order valence-corrected chi connectivity index (χ1v) is 6.75. The van der Waals surface area contributed by atoms with Crippen molar-refractivity contribution in [1.82, 2.24) is 14.5 Å². The SMILES string of the molecule is CC(I)c1cc2c(cn1)c1cnccc1n2C. The van der Waals surface area contributed by atoms with Crippen LogP contribution in [0.1, 0.15) is 16.5 Å². The minimum absolute atomic E-state index is 0.424. The van der Waals surface area contributed by atoms with Gasteiger partial charge in [0, 0.05) is 36.4 Å². The Hall–Kier alpha value is -1.17. The molecule has 17 heavy (non-hydrogen) atoms. The molecule has 3 aromatic rings. The lowest BCUT2D eigenvalue weighted by atomic mass is 10.2. The summed E-state index contributed by atoms with van der Waals surface area (Å²) in [5.41, 5.74) is 3.55. The first-order valence-electron chi connectivity index (χ1n) is 5.50. The van der Waals surface area contributed by atoms with Crippen LogP contribution in [-0.4, -0.2) is 14.5 Å². The van der Waals surface area contributed by atoms with Crippen LogP contribution in [0.15, 0.2) is 30.7 Å². The molecule has 4 heteroatoms. The Balaban J connectivity index is 2.45. The van der Waals surface area contributed by atoms with Gasteiger partial charge < -0.3 is 4.57 Å². The van der Waals surface area contributed by atoms with Crippen LogP contribution in [-0.2, 0) is 7.05 Å². The van der Waals surface area contributed by atoms with Crippen LogP contribution in [0.5, 0.6) is 0 Å². The maximum absolute atomic E-state index is 4.52. The lowest BCUT2D eigenvalue weighted by molar-refractivity contribution is 0.995. The second kappa shape index (κ2) is 3.94. The molecule has 0 aliphatic rings. The van der Waals surface area contributed by atoms with Gasteiger partial charge in [0.2, 0.25) is 0 Å². The normalized spacial score (nSPS) is 13.4. The van der Waals surface area contributed by atoms with E-state index in [2.05, 4.69) is 57.2 Å². The van der Waals surface area contributed by atoms with E-state index >= 15 is 0 Å². The van der Waals surface area contributed by atoms with E-state index < -0.39 is 0 Å². The predicted octanol–water partition coefficient (Wildman–Crippen LogP) is 3.62. The lowest BCUT2D eigenvalue weighted by Gasteiger charge is -2.03. The molecule has 0 aliphatic carbocycles. The average molecular weight is 337 g/mol. The van der Waals surface area contributed by atoms with E-state index in [9.17, 15) is 0 Å². The third-order valence-corrected chi connectivity index (χ3v) is 3.76. The van der Waals surface area contributed by atoms with Gasteiger partial charge in [0.15, 0.2) is 0 Å². The predicted molar refractivity (Wildman–Crippen MR) is 78.5 cm³/mol. The summed E-state index contributed by atoms with van der Waals surface area (Å²) in [4.78, 5) is 8.71. The van der Waals surface area contributed by atoms with Gasteiger partial charge in [-0.05, 0) is 19.1 Å². The number of fused-ring (bicyclic) bond motifs is 3. The van der Waals surface area contributed by atoms with E-state index in [0.717, 1.165) is 5.69 Å². The smallest absolute Gasteiger partial charge is 0.0550 e. The van der Waals surface area contributed by atoms with Crippen molar-refractivity contribution in [3.05, 3.63) is 36.4 Å². The topological polar surface area (TPSA) is 30.7 Å². The fraction of sp³-hybridized carbons (Fsp3) is 0.231. The monoisotopic (exact) mass is 337 g/mol. The molecule has 3 nitrogen and oxygen atoms in total. The minimum atomic E-state index is 0.424. The molecule has 0 fully saturated rings. The van der Waals surface area contributed by atoms with Crippen molar-refractivity contribution in [2.75, 3.05) is 0 Å². The molecular formula is C13H12IN3. The molecule has 1 unspecified atom stereocenters. The largest absolute Gasteiger partial charge is 0.343 e. The first kappa shape index (κ1) is 11.0. The second-order valence-electron chi connectivity index (χ2n) is 4.19. The fourth-order valence-electron chi connectivity index (χ4n) is 2.18. The molecule has 0 saturated carbocycles. The molecule has 1 atom stereocenters. The highest BCUT2D eigenvalue weighted by atomic mass is 127. The molecular weight excluding hydrogens is 325 g/mol. The maximum atomic E-state index is 4.52. The molecule has 3 aromatic heterocycles. The summed E-state index contributed by atoms with van der Waals surface area (Å²) in [5.74, 6) is 0. The number of aromatic nitrogens is 3. The van der Waals surface area contributed by atoms with Crippen molar-refractivity contribution in [3.63, 3.8) is 0 Å². The highest BCUT2D eigenvalue weighted by Gasteiger charge is 2.10. The van der Waals surface area contributed by atoms with E-state index in [-0.39, 0.29) is 0 Å². The summed E-state index contributed by atoms with van der Waals surface area (Å²) in [6, 6.07) is 4.22. The summed E-state index contributed by atoms with van der Waals surface area (Å²) in [6.07, 6.45) is 5.70. The Bertz CT molecular complexity index is 700. The van der Waals surface area contributed by atoms with Gasteiger partial charge in [0.05, 0.1) is 20.7 Å². The van der Waals surface area contributed by atoms with Gasteiger partial charge in [-0.1, -0.05) is 22.6 Å². The molecule has 0 N–H and O–H groups in total. The van der Waals surface area contributed by atoms with E-state index in [1.807, 2.05) is 24.7 Å². The highest BCUT2D eigenvalue weighted by molar-refractivity contribution is 14.1. The van der Waals surface area contributed by atoms with Crippen LogP contribution in [0.3, 0.4) is 0 Å². The zero-order valence-electron chi connectivity index (χ0n) is 9.68. The van der Waals surface area contributed by atoms with Crippen molar-refractivity contribution in [2.45, 2.75) is 10.8 Å². The number of pyridine rings is 2. The number of aryl methyl sites for hydroxylation is 1. The van der Waals surface area contributed by atoms with Gasteiger partial charge in [0.25, 0.3) is 0 Å².